The minimum atomic E-state index is -4.90. The van der Waals surface area contributed by atoms with Crippen LogP contribution in [0.25, 0.3) is 11.1 Å². The molecule has 2 rings (SSSR count). The van der Waals surface area contributed by atoms with Gasteiger partial charge < -0.3 is 15.2 Å². The summed E-state index contributed by atoms with van der Waals surface area (Å²) in [7, 11) is 0. The van der Waals surface area contributed by atoms with Crippen molar-refractivity contribution >= 4 is 12.4 Å². The van der Waals surface area contributed by atoms with Gasteiger partial charge in [0, 0.05) is 12.6 Å². The summed E-state index contributed by atoms with van der Waals surface area (Å²) < 4.78 is 72.6. The Morgan fingerprint density at radius 2 is 1.50 bits per heavy atom. The Bertz CT molecular complexity index is 674. The van der Waals surface area contributed by atoms with Crippen molar-refractivity contribution in [2.24, 2.45) is 5.73 Å². The lowest BCUT2D eigenvalue weighted by molar-refractivity contribution is -0.275. The van der Waals surface area contributed by atoms with Gasteiger partial charge in [-0.2, -0.15) is 0 Å². The minimum Gasteiger partial charge on any atom is -0.488 e. The molecule has 9 heteroatoms. The lowest BCUT2D eigenvalue weighted by Gasteiger charge is -2.15. The van der Waals surface area contributed by atoms with Crippen molar-refractivity contribution in [1.29, 1.82) is 0 Å². The lowest BCUT2D eigenvalue weighted by Crippen LogP contribution is -2.18. The zero-order chi connectivity index (χ0) is 17.0. The van der Waals surface area contributed by atoms with E-state index in [-0.39, 0.29) is 42.4 Å². The fourth-order valence-corrected chi connectivity index (χ4v) is 1.90. The molecule has 0 amide bonds. The monoisotopic (exact) mass is 369 g/mol. The number of benzene rings is 2. The van der Waals surface area contributed by atoms with Crippen LogP contribution in [-0.2, 0) is 0 Å². The molecule has 2 N–H and O–H groups in total. The third-order valence-electron chi connectivity index (χ3n) is 2.74. The maximum atomic E-state index is 13.3. The average molecular weight is 370 g/mol. The number of hydrogen-bond donors (Lipinski definition) is 1. The van der Waals surface area contributed by atoms with E-state index >= 15 is 0 Å². The zero-order valence-electron chi connectivity index (χ0n) is 12.1. The molecular weight excluding hydrogens is 357 g/mol. The molecule has 132 valence electrons. The van der Waals surface area contributed by atoms with Gasteiger partial charge >= 0.3 is 6.36 Å². The van der Waals surface area contributed by atoms with E-state index in [4.69, 9.17) is 10.5 Å². The Hall–Kier alpha value is -2.06. The second-order valence-electron chi connectivity index (χ2n) is 4.50. The van der Waals surface area contributed by atoms with Crippen molar-refractivity contribution in [1.82, 2.24) is 0 Å². The third kappa shape index (κ3) is 5.54. The zero-order valence-corrected chi connectivity index (χ0v) is 12.9. The van der Waals surface area contributed by atoms with Crippen LogP contribution in [0.3, 0.4) is 0 Å². The Balaban J connectivity index is 0.00000288. The summed E-state index contributed by atoms with van der Waals surface area (Å²) in [5.41, 5.74) is 5.68. The molecule has 3 nitrogen and oxygen atoms in total. The summed E-state index contributed by atoms with van der Waals surface area (Å²) in [5, 5.41) is 0. The van der Waals surface area contributed by atoms with Crippen LogP contribution in [0.4, 0.5) is 22.0 Å². The van der Waals surface area contributed by atoms with Crippen molar-refractivity contribution in [2.75, 3.05) is 13.2 Å². The molecule has 0 fully saturated rings. The van der Waals surface area contributed by atoms with Crippen LogP contribution in [0.2, 0.25) is 0 Å². The molecule has 2 aromatic carbocycles. The molecule has 0 atom stereocenters. The van der Waals surface area contributed by atoms with Crippen LogP contribution in [0.1, 0.15) is 0 Å². The van der Waals surface area contributed by atoms with E-state index in [1.54, 1.807) is 0 Å². The highest BCUT2D eigenvalue weighted by molar-refractivity contribution is 5.85. The van der Waals surface area contributed by atoms with Gasteiger partial charge in [-0.3, -0.25) is 0 Å². The molecule has 0 aromatic heterocycles. The summed E-state index contributed by atoms with van der Waals surface area (Å²) in [6, 6.07) is 6.24. The first-order valence-electron chi connectivity index (χ1n) is 6.47. The average Bonchev–Trinajstić information content (AvgIpc) is 2.43. The predicted octanol–water partition coefficient (Wildman–Crippen LogP) is 4.29. The molecule has 0 aliphatic rings. The quantitative estimate of drug-likeness (QED) is 0.800. The topological polar surface area (TPSA) is 44.5 Å². The summed E-state index contributed by atoms with van der Waals surface area (Å²) in [6.07, 6.45) is -4.90. The number of nitrogens with two attached hydrogens (primary N) is 1. The fourth-order valence-electron chi connectivity index (χ4n) is 1.90. The van der Waals surface area contributed by atoms with Crippen LogP contribution < -0.4 is 15.2 Å². The molecule has 0 heterocycles. The van der Waals surface area contributed by atoms with Crippen LogP contribution in [0.15, 0.2) is 36.4 Å². The van der Waals surface area contributed by atoms with Gasteiger partial charge in [0.05, 0.1) is 0 Å². The van der Waals surface area contributed by atoms with Crippen molar-refractivity contribution in [2.45, 2.75) is 6.36 Å². The van der Waals surface area contributed by atoms with Crippen LogP contribution in [0, 0.1) is 11.6 Å². The number of halogens is 6. The maximum Gasteiger partial charge on any atom is 0.573 e. The third-order valence-corrected chi connectivity index (χ3v) is 2.74. The van der Waals surface area contributed by atoms with Crippen molar-refractivity contribution in [3.05, 3.63) is 48.0 Å². The van der Waals surface area contributed by atoms with Gasteiger partial charge in [0.2, 0.25) is 0 Å². The van der Waals surface area contributed by atoms with Gasteiger partial charge in [0.1, 0.15) is 18.2 Å². The molecule has 0 saturated carbocycles. The fraction of sp³-hybridized carbons (Fsp3) is 0.200. The number of ether oxygens (including phenoxy) is 2. The smallest absolute Gasteiger partial charge is 0.488 e. The molecule has 24 heavy (non-hydrogen) atoms. The number of alkyl halides is 3. The van der Waals surface area contributed by atoms with E-state index in [9.17, 15) is 22.0 Å². The Morgan fingerprint density at radius 3 is 2.04 bits per heavy atom. The molecule has 0 spiro atoms. The molecule has 0 unspecified atom stereocenters. The highest BCUT2D eigenvalue weighted by Crippen LogP contribution is 2.36. The Morgan fingerprint density at radius 1 is 0.875 bits per heavy atom. The van der Waals surface area contributed by atoms with Crippen molar-refractivity contribution in [3.8, 4) is 22.6 Å². The molecule has 2 aromatic rings. The summed E-state index contributed by atoms with van der Waals surface area (Å²) >= 11 is 0. The molecular formula is C15H13ClF5NO2. The minimum absolute atomic E-state index is 0. The standard InChI is InChI=1S/C15H12F5NO2.ClH/c16-11-5-10(6-12(17)8-11)9-1-2-13(23-15(18,19)20)14(7-9)22-4-3-21;/h1-2,5-8H,3-4,21H2;1H. The summed E-state index contributed by atoms with van der Waals surface area (Å²) in [5.74, 6) is -2.40. The first kappa shape index (κ1) is 20.0. The molecule has 0 aliphatic heterocycles. The van der Waals surface area contributed by atoms with Gasteiger partial charge in [0.25, 0.3) is 0 Å². The molecule has 0 radical (unpaired) electrons. The van der Waals surface area contributed by atoms with Crippen molar-refractivity contribution in [3.63, 3.8) is 0 Å². The molecule has 0 saturated heterocycles. The number of rotatable bonds is 5. The van der Waals surface area contributed by atoms with Gasteiger partial charge in [-0.25, -0.2) is 8.78 Å². The van der Waals surface area contributed by atoms with Crippen LogP contribution in [0.5, 0.6) is 11.5 Å². The van der Waals surface area contributed by atoms with Gasteiger partial charge in [0.15, 0.2) is 11.5 Å². The van der Waals surface area contributed by atoms with Gasteiger partial charge in [-0.1, -0.05) is 6.07 Å². The van der Waals surface area contributed by atoms with E-state index in [0.29, 0.717) is 6.07 Å². The normalized spacial score (nSPS) is 10.9. The van der Waals surface area contributed by atoms with E-state index in [1.165, 1.54) is 12.1 Å². The van der Waals surface area contributed by atoms with Crippen LogP contribution in [-0.4, -0.2) is 19.5 Å². The highest BCUT2D eigenvalue weighted by atomic mass is 35.5. The first-order chi connectivity index (χ1) is 10.8. The van der Waals surface area contributed by atoms with E-state index in [1.807, 2.05) is 0 Å². The Kier molecular flexibility index (Phi) is 6.80. The second-order valence-corrected chi connectivity index (χ2v) is 4.50. The second kappa shape index (κ2) is 8.16. The number of hydrogen-bond acceptors (Lipinski definition) is 3. The first-order valence-corrected chi connectivity index (χ1v) is 6.47. The molecule has 0 bridgehead atoms. The lowest BCUT2D eigenvalue weighted by atomic mass is 10.0. The summed E-state index contributed by atoms with van der Waals surface area (Å²) in [6.45, 7) is 0.0272. The van der Waals surface area contributed by atoms with Gasteiger partial charge in [-0.05, 0) is 35.4 Å². The van der Waals surface area contributed by atoms with Crippen molar-refractivity contribution < 1.29 is 31.4 Å². The largest absolute Gasteiger partial charge is 0.573 e. The Labute approximate surface area is 140 Å². The van der Waals surface area contributed by atoms with Crippen LogP contribution >= 0.6 is 12.4 Å². The SMILES string of the molecule is Cl.NCCOc1cc(-c2cc(F)cc(F)c2)ccc1OC(F)(F)F. The predicted molar refractivity (Wildman–Crippen MR) is 80.3 cm³/mol. The molecule has 0 aliphatic carbocycles. The highest BCUT2D eigenvalue weighted by Gasteiger charge is 2.32. The maximum absolute atomic E-state index is 13.3. The van der Waals surface area contributed by atoms with E-state index < -0.39 is 23.7 Å². The van der Waals surface area contributed by atoms with E-state index in [2.05, 4.69) is 4.74 Å². The summed E-state index contributed by atoms with van der Waals surface area (Å²) in [4.78, 5) is 0. The van der Waals surface area contributed by atoms with Gasteiger partial charge in [-0.15, -0.1) is 25.6 Å². The van der Waals surface area contributed by atoms with E-state index in [0.717, 1.165) is 18.2 Å².